The molecule has 0 fully saturated rings. The standard InChI is InChI=1S/C19H18BrN3OS/c1-3-23-18(15-6-4-13(2)5-7-15)21-22-19(23)25-12-17(24)14-8-10-16(20)11-9-14/h4-11H,3,12H2,1-2H3. The van der Waals surface area contributed by atoms with E-state index < -0.39 is 0 Å². The summed E-state index contributed by atoms with van der Waals surface area (Å²) in [5.41, 5.74) is 2.95. The average molecular weight is 416 g/mol. The van der Waals surface area contributed by atoms with Crippen LogP contribution in [-0.2, 0) is 6.54 Å². The van der Waals surface area contributed by atoms with E-state index in [1.807, 2.05) is 41.0 Å². The van der Waals surface area contributed by atoms with Gasteiger partial charge in [0.1, 0.15) is 0 Å². The average Bonchev–Trinajstić information content (AvgIpc) is 3.04. The van der Waals surface area contributed by atoms with E-state index in [1.165, 1.54) is 17.3 Å². The number of carbonyl (C=O) groups excluding carboxylic acids is 1. The van der Waals surface area contributed by atoms with Gasteiger partial charge in [0.2, 0.25) is 0 Å². The SMILES string of the molecule is CCn1c(SCC(=O)c2ccc(Br)cc2)nnc1-c1ccc(C)cc1. The molecule has 1 heterocycles. The Balaban J connectivity index is 1.76. The quantitative estimate of drug-likeness (QED) is 0.419. The smallest absolute Gasteiger partial charge is 0.191 e. The Bertz CT molecular complexity index is 873. The van der Waals surface area contributed by atoms with Crippen LogP contribution >= 0.6 is 27.7 Å². The van der Waals surface area contributed by atoms with Crippen molar-refractivity contribution in [1.29, 1.82) is 0 Å². The van der Waals surface area contributed by atoms with Gasteiger partial charge in [-0.3, -0.25) is 4.79 Å². The van der Waals surface area contributed by atoms with Crippen LogP contribution < -0.4 is 0 Å². The first-order chi connectivity index (χ1) is 12.1. The fraction of sp³-hybridized carbons (Fsp3) is 0.211. The number of hydrogen-bond donors (Lipinski definition) is 0. The van der Waals surface area contributed by atoms with Gasteiger partial charge in [-0.1, -0.05) is 69.7 Å². The molecule has 0 saturated carbocycles. The summed E-state index contributed by atoms with van der Waals surface area (Å²) in [5.74, 6) is 1.26. The summed E-state index contributed by atoms with van der Waals surface area (Å²) in [6.45, 7) is 4.87. The van der Waals surface area contributed by atoms with Gasteiger partial charge >= 0.3 is 0 Å². The van der Waals surface area contributed by atoms with Gasteiger partial charge in [-0.25, -0.2) is 0 Å². The minimum Gasteiger partial charge on any atom is -0.302 e. The van der Waals surface area contributed by atoms with Crippen molar-refractivity contribution in [3.63, 3.8) is 0 Å². The van der Waals surface area contributed by atoms with Gasteiger partial charge < -0.3 is 4.57 Å². The van der Waals surface area contributed by atoms with E-state index in [9.17, 15) is 4.79 Å². The van der Waals surface area contributed by atoms with Crippen LogP contribution in [-0.4, -0.2) is 26.3 Å². The molecule has 0 aliphatic heterocycles. The number of Topliss-reactive ketones (excluding diaryl/α,β-unsaturated/α-hetero) is 1. The molecule has 0 aliphatic rings. The van der Waals surface area contributed by atoms with Crippen LogP contribution in [0.25, 0.3) is 11.4 Å². The number of hydrogen-bond acceptors (Lipinski definition) is 4. The molecule has 0 radical (unpaired) electrons. The van der Waals surface area contributed by atoms with Crippen molar-refractivity contribution in [3.05, 3.63) is 64.1 Å². The molecule has 0 atom stereocenters. The summed E-state index contributed by atoms with van der Waals surface area (Å²) in [5, 5.41) is 9.37. The third-order valence-corrected chi connectivity index (χ3v) is 5.34. The Labute approximate surface area is 159 Å². The second kappa shape index (κ2) is 7.97. The zero-order chi connectivity index (χ0) is 17.8. The summed E-state index contributed by atoms with van der Waals surface area (Å²) >= 11 is 4.81. The van der Waals surface area contributed by atoms with Crippen LogP contribution in [0.5, 0.6) is 0 Å². The minimum atomic E-state index is 0.0834. The zero-order valence-corrected chi connectivity index (χ0v) is 16.5. The largest absolute Gasteiger partial charge is 0.302 e. The monoisotopic (exact) mass is 415 g/mol. The lowest BCUT2D eigenvalue weighted by molar-refractivity contribution is 0.102. The summed E-state index contributed by atoms with van der Waals surface area (Å²) in [4.78, 5) is 12.3. The fourth-order valence-corrected chi connectivity index (χ4v) is 3.61. The van der Waals surface area contributed by atoms with E-state index in [0.29, 0.717) is 11.3 Å². The number of rotatable bonds is 6. The molecule has 0 aliphatic carbocycles. The fourth-order valence-electron chi connectivity index (χ4n) is 2.45. The molecule has 6 heteroatoms. The van der Waals surface area contributed by atoms with Crippen LogP contribution in [0.1, 0.15) is 22.8 Å². The van der Waals surface area contributed by atoms with E-state index in [1.54, 1.807) is 0 Å². The van der Waals surface area contributed by atoms with E-state index in [0.717, 1.165) is 27.6 Å². The molecule has 3 aromatic rings. The van der Waals surface area contributed by atoms with Crippen LogP contribution in [0.4, 0.5) is 0 Å². The topological polar surface area (TPSA) is 47.8 Å². The highest BCUT2D eigenvalue weighted by Gasteiger charge is 2.15. The van der Waals surface area contributed by atoms with Crippen molar-refractivity contribution in [2.75, 3.05) is 5.75 Å². The molecule has 0 saturated heterocycles. The number of benzene rings is 2. The first-order valence-electron chi connectivity index (χ1n) is 8.00. The maximum atomic E-state index is 12.3. The van der Waals surface area contributed by atoms with Gasteiger partial charge in [0.05, 0.1) is 5.75 Å². The molecule has 0 amide bonds. The van der Waals surface area contributed by atoms with Crippen LogP contribution in [0.2, 0.25) is 0 Å². The van der Waals surface area contributed by atoms with Crippen LogP contribution in [0, 0.1) is 6.92 Å². The van der Waals surface area contributed by atoms with Gasteiger partial charge in [0.15, 0.2) is 16.8 Å². The van der Waals surface area contributed by atoms with Gasteiger partial charge in [-0.15, -0.1) is 10.2 Å². The number of aromatic nitrogens is 3. The summed E-state index contributed by atoms with van der Waals surface area (Å²) < 4.78 is 3.01. The van der Waals surface area contributed by atoms with E-state index in [2.05, 4.69) is 52.1 Å². The van der Waals surface area contributed by atoms with Crippen molar-refractivity contribution in [2.45, 2.75) is 25.5 Å². The maximum absolute atomic E-state index is 12.3. The molecule has 0 bridgehead atoms. The summed E-state index contributed by atoms with van der Waals surface area (Å²) in [7, 11) is 0. The number of halogens is 1. The van der Waals surface area contributed by atoms with Crippen LogP contribution in [0.15, 0.2) is 58.2 Å². The zero-order valence-electron chi connectivity index (χ0n) is 14.1. The molecule has 0 spiro atoms. The third kappa shape index (κ3) is 4.19. The van der Waals surface area contributed by atoms with Gasteiger partial charge in [-0.05, 0) is 26.0 Å². The lowest BCUT2D eigenvalue weighted by Crippen LogP contribution is -2.05. The number of nitrogens with zero attached hydrogens (tertiary/aromatic N) is 3. The number of carbonyl (C=O) groups is 1. The van der Waals surface area contributed by atoms with Gasteiger partial charge in [-0.2, -0.15) is 0 Å². The highest BCUT2D eigenvalue weighted by molar-refractivity contribution is 9.10. The Kier molecular flexibility index (Phi) is 5.71. The van der Waals surface area contributed by atoms with Crippen molar-refractivity contribution in [2.24, 2.45) is 0 Å². The molecular formula is C19H18BrN3OS. The molecule has 1 aromatic heterocycles. The second-order valence-electron chi connectivity index (χ2n) is 5.64. The molecule has 3 rings (SSSR count). The predicted molar refractivity (Wildman–Crippen MR) is 105 cm³/mol. The summed E-state index contributed by atoms with van der Waals surface area (Å²) in [6, 6.07) is 15.6. The normalized spacial score (nSPS) is 10.8. The Morgan fingerprint density at radius 1 is 1.08 bits per heavy atom. The molecular weight excluding hydrogens is 398 g/mol. The van der Waals surface area contributed by atoms with Gasteiger partial charge in [0.25, 0.3) is 0 Å². The van der Waals surface area contributed by atoms with Crippen molar-refractivity contribution in [3.8, 4) is 11.4 Å². The lowest BCUT2D eigenvalue weighted by Gasteiger charge is -2.07. The number of ketones is 1. The van der Waals surface area contributed by atoms with Gasteiger partial charge in [0, 0.05) is 22.1 Å². The molecule has 2 aromatic carbocycles. The van der Waals surface area contributed by atoms with E-state index in [4.69, 9.17) is 0 Å². The highest BCUT2D eigenvalue weighted by atomic mass is 79.9. The van der Waals surface area contributed by atoms with E-state index >= 15 is 0 Å². The van der Waals surface area contributed by atoms with Crippen molar-refractivity contribution in [1.82, 2.24) is 14.8 Å². The minimum absolute atomic E-state index is 0.0834. The lowest BCUT2D eigenvalue weighted by atomic mass is 10.1. The van der Waals surface area contributed by atoms with Crippen molar-refractivity contribution < 1.29 is 4.79 Å². The molecule has 4 nitrogen and oxygen atoms in total. The second-order valence-corrected chi connectivity index (χ2v) is 7.49. The first kappa shape index (κ1) is 17.9. The molecule has 128 valence electrons. The molecule has 0 unspecified atom stereocenters. The predicted octanol–water partition coefficient (Wildman–Crippen LogP) is 5.01. The third-order valence-electron chi connectivity index (χ3n) is 3.84. The number of thioether (sulfide) groups is 1. The first-order valence-corrected chi connectivity index (χ1v) is 9.78. The highest BCUT2D eigenvalue weighted by Crippen LogP contribution is 2.25. The molecule has 0 N–H and O–H groups in total. The van der Waals surface area contributed by atoms with Crippen molar-refractivity contribution >= 4 is 33.5 Å². The van der Waals surface area contributed by atoms with E-state index in [-0.39, 0.29) is 5.78 Å². The Morgan fingerprint density at radius 3 is 2.40 bits per heavy atom. The number of aryl methyl sites for hydroxylation is 1. The molecule has 25 heavy (non-hydrogen) atoms. The van der Waals surface area contributed by atoms with Crippen LogP contribution in [0.3, 0.4) is 0 Å². The Morgan fingerprint density at radius 2 is 1.76 bits per heavy atom. The summed E-state index contributed by atoms with van der Waals surface area (Å²) in [6.07, 6.45) is 0. The Hall–Kier alpha value is -1.92. The maximum Gasteiger partial charge on any atom is 0.191 e.